The molecule has 0 unspecified atom stereocenters. The van der Waals surface area contributed by atoms with Crippen LogP contribution in [0.25, 0.3) is 0 Å². The summed E-state index contributed by atoms with van der Waals surface area (Å²) in [6, 6.07) is 0. The van der Waals surface area contributed by atoms with Crippen LogP contribution in [0.1, 0.15) is 66.2 Å². The highest BCUT2D eigenvalue weighted by atomic mass is 14.0. The van der Waals surface area contributed by atoms with E-state index in [1.165, 1.54) is 38.5 Å². The molecule has 0 bridgehead atoms. The molecular formula is C12H28. The second kappa shape index (κ2) is 30.9. The standard InChI is InChI=1S/C4H8.C4H10.C2H6.C2H4/c1-2-4-3-1;1-3-4-2;2*1-2/h1-4H2;3-4H2,1-2H3;1-2H3;1-2H2. The average molecular weight is 172 g/mol. The molecule has 0 aliphatic heterocycles. The van der Waals surface area contributed by atoms with Gasteiger partial charge in [-0.3, -0.25) is 0 Å². The van der Waals surface area contributed by atoms with Crippen LogP contribution >= 0.6 is 0 Å². The fourth-order valence-electron chi connectivity index (χ4n) is 0.250. The van der Waals surface area contributed by atoms with E-state index in [-0.39, 0.29) is 0 Å². The Hall–Kier alpha value is -0.260. The minimum absolute atomic E-state index is 1.32. The summed E-state index contributed by atoms with van der Waals surface area (Å²) >= 11 is 0. The molecule has 1 rings (SSSR count). The predicted octanol–water partition coefficient (Wildman–Crippen LogP) is 5.20. The highest BCUT2D eigenvalue weighted by Gasteiger charge is 1.95. The molecule has 0 aromatic carbocycles. The molecule has 1 saturated carbocycles. The molecule has 0 atom stereocenters. The maximum Gasteiger partial charge on any atom is -0.0533 e. The molecule has 0 saturated heterocycles. The first-order chi connectivity index (χ1) is 5.91. The summed E-state index contributed by atoms with van der Waals surface area (Å²) in [6.45, 7) is 14.4. The molecule has 0 aromatic rings. The maximum atomic E-state index is 3.00. The van der Waals surface area contributed by atoms with E-state index < -0.39 is 0 Å². The molecule has 0 heteroatoms. The lowest BCUT2D eigenvalue weighted by Crippen LogP contribution is -1.85. The second-order valence-electron chi connectivity index (χ2n) is 2.41. The van der Waals surface area contributed by atoms with Crippen LogP contribution in [0.5, 0.6) is 0 Å². The monoisotopic (exact) mass is 172 g/mol. The quantitative estimate of drug-likeness (QED) is 0.477. The van der Waals surface area contributed by atoms with Gasteiger partial charge in [-0.2, -0.15) is 0 Å². The largest absolute Gasteiger partial charge is 0.106 e. The van der Waals surface area contributed by atoms with Crippen molar-refractivity contribution in [1.29, 1.82) is 0 Å². The average Bonchev–Trinajstić information content (AvgIpc) is 2.08. The minimum Gasteiger partial charge on any atom is -0.106 e. The Balaban J connectivity index is -0.0000000967. The number of unbranched alkanes of at least 4 members (excludes halogenated alkanes) is 1. The van der Waals surface area contributed by atoms with Crippen molar-refractivity contribution >= 4 is 0 Å². The van der Waals surface area contributed by atoms with Gasteiger partial charge in [0.15, 0.2) is 0 Å². The third kappa shape index (κ3) is 33.1. The van der Waals surface area contributed by atoms with E-state index in [0.717, 1.165) is 0 Å². The maximum absolute atomic E-state index is 3.00. The molecule has 0 aromatic heterocycles. The molecule has 76 valence electrons. The Bertz CT molecular complexity index is 29.3. The fraction of sp³-hybridized carbons (Fsp3) is 0.833. The number of hydrogen-bond acceptors (Lipinski definition) is 0. The normalized spacial score (nSPS) is 11.3. The van der Waals surface area contributed by atoms with Crippen LogP contribution in [0.2, 0.25) is 0 Å². The molecule has 0 heterocycles. The first kappa shape index (κ1) is 17.7. The van der Waals surface area contributed by atoms with Gasteiger partial charge >= 0.3 is 0 Å². The van der Waals surface area contributed by atoms with Gasteiger partial charge in [0.25, 0.3) is 0 Å². The smallest absolute Gasteiger partial charge is 0.0533 e. The van der Waals surface area contributed by atoms with E-state index in [4.69, 9.17) is 0 Å². The zero-order valence-electron chi connectivity index (χ0n) is 9.66. The molecule has 1 aliphatic carbocycles. The van der Waals surface area contributed by atoms with E-state index in [1.807, 2.05) is 13.8 Å². The molecule has 0 amide bonds. The number of hydrogen-bond donors (Lipinski definition) is 0. The van der Waals surface area contributed by atoms with Gasteiger partial charge in [-0.15, -0.1) is 13.2 Å². The van der Waals surface area contributed by atoms with Crippen molar-refractivity contribution < 1.29 is 0 Å². The third-order valence-electron chi connectivity index (χ3n) is 1.50. The van der Waals surface area contributed by atoms with Crippen LogP contribution in [0.4, 0.5) is 0 Å². The van der Waals surface area contributed by atoms with Crippen LogP contribution in [-0.4, -0.2) is 0 Å². The molecule has 0 radical (unpaired) electrons. The van der Waals surface area contributed by atoms with E-state index in [9.17, 15) is 0 Å². The van der Waals surface area contributed by atoms with Gasteiger partial charge in [-0.25, -0.2) is 0 Å². The van der Waals surface area contributed by atoms with Gasteiger partial charge in [0.05, 0.1) is 0 Å². The Morgan fingerprint density at radius 1 is 0.750 bits per heavy atom. The van der Waals surface area contributed by atoms with E-state index in [2.05, 4.69) is 27.0 Å². The van der Waals surface area contributed by atoms with E-state index in [0.29, 0.717) is 0 Å². The van der Waals surface area contributed by atoms with Crippen molar-refractivity contribution in [3.05, 3.63) is 13.2 Å². The Morgan fingerprint density at radius 2 is 0.917 bits per heavy atom. The van der Waals surface area contributed by atoms with Crippen LogP contribution < -0.4 is 0 Å². The molecule has 1 aliphatic rings. The zero-order valence-corrected chi connectivity index (χ0v) is 9.66. The topological polar surface area (TPSA) is 0 Å². The van der Waals surface area contributed by atoms with Crippen molar-refractivity contribution in [3.63, 3.8) is 0 Å². The molecule has 0 spiro atoms. The molecule has 0 N–H and O–H groups in total. The summed E-state index contributed by atoms with van der Waals surface area (Å²) in [5, 5.41) is 0. The van der Waals surface area contributed by atoms with Crippen molar-refractivity contribution in [2.45, 2.75) is 66.2 Å². The second-order valence-corrected chi connectivity index (χ2v) is 2.41. The van der Waals surface area contributed by atoms with Crippen molar-refractivity contribution in [2.75, 3.05) is 0 Å². The summed E-state index contributed by atoms with van der Waals surface area (Å²) in [5.74, 6) is 0. The summed E-state index contributed by atoms with van der Waals surface area (Å²) in [6.07, 6.45) is 8.64. The third-order valence-corrected chi connectivity index (χ3v) is 1.50. The minimum atomic E-state index is 1.32. The SMILES string of the molecule is C1CCC1.C=C.CC.CCCC. The summed E-state index contributed by atoms with van der Waals surface area (Å²) in [7, 11) is 0. The lowest BCUT2D eigenvalue weighted by Gasteiger charge is -2.05. The number of rotatable bonds is 1. The Labute approximate surface area is 80.1 Å². The van der Waals surface area contributed by atoms with Gasteiger partial charge in [0, 0.05) is 0 Å². The van der Waals surface area contributed by atoms with Crippen molar-refractivity contribution in [1.82, 2.24) is 0 Å². The van der Waals surface area contributed by atoms with Crippen LogP contribution in [0, 0.1) is 0 Å². The Kier molecular flexibility index (Phi) is 45.7. The summed E-state index contributed by atoms with van der Waals surface area (Å²) in [5.41, 5.74) is 0. The lowest BCUT2D eigenvalue weighted by molar-refractivity contribution is 0.504. The van der Waals surface area contributed by atoms with E-state index >= 15 is 0 Å². The van der Waals surface area contributed by atoms with Crippen molar-refractivity contribution in [2.24, 2.45) is 0 Å². The molecular weight excluding hydrogens is 144 g/mol. The Morgan fingerprint density at radius 3 is 0.917 bits per heavy atom. The predicted molar refractivity (Wildman–Crippen MR) is 61.7 cm³/mol. The van der Waals surface area contributed by atoms with Gasteiger partial charge in [-0.1, -0.05) is 66.2 Å². The van der Waals surface area contributed by atoms with Crippen molar-refractivity contribution in [3.8, 4) is 0 Å². The summed E-state index contributed by atoms with van der Waals surface area (Å²) < 4.78 is 0. The zero-order chi connectivity index (χ0) is 10.2. The summed E-state index contributed by atoms with van der Waals surface area (Å²) in [4.78, 5) is 0. The first-order valence-electron chi connectivity index (χ1n) is 5.41. The van der Waals surface area contributed by atoms with Crippen LogP contribution in [0.15, 0.2) is 13.2 Å². The lowest BCUT2D eigenvalue weighted by atomic mass is 10.0. The van der Waals surface area contributed by atoms with Gasteiger partial charge in [0.2, 0.25) is 0 Å². The molecule has 12 heavy (non-hydrogen) atoms. The van der Waals surface area contributed by atoms with Gasteiger partial charge in [0.1, 0.15) is 0 Å². The molecule has 0 nitrogen and oxygen atoms in total. The first-order valence-corrected chi connectivity index (χ1v) is 5.41. The van der Waals surface area contributed by atoms with Gasteiger partial charge < -0.3 is 0 Å². The van der Waals surface area contributed by atoms with Crippen LogP contribution in [-0.2, 0) is 0 Å². The highest BCUT2D eigenvalue weighted by molar-refractivity contribution is 4.50. The van der Waals surface area contributed by atoms with Crippen LogP contribution in [0.3, 0.4) is 0 Å². The fourth-order valence-corrected chi connectivity index (χ4v) is 0.250. The van der Waals surface area contributed by atoms with E-state index in [1.54, 1.807) is 0 Å². The van der Waals surface area contributed by atoms with Gasteiger partial charge in [-0.05, 0) is 0 Å². The highest BCUT2D eigenvalue weighted by Crippen LogP contribution is 2.15. The molecule has 1 fully saturated rings.